The summed E-state index contributed by atoms with van der Waals surface area (Å²) in [6, 6.07) is 6.40. The Morgan fingerprint density at radius 3 is 2.26 bits per heavy atom. The van der Waals surface area contributed by atoms with Crippen LogP contribution in [0.4, 0.5) is 0 Å². The molecule has 4 N–H and O–H groups in total. The molecule has 0 unspecified atom stereocenters. The van der Waals surface area contributed by atoms with Gasteiger partial charge in [0.25, 0.3) is 11.8 Å². The molecule has 0 bridgehead atoms. The van der Waals surface area contributed by atoms with Crippen molar-refractivity contribution in [2.45, 2.75) is 85.2 Å². The van der Waals surface area contributed by atoms with Crippen molar-refractivity contribution in [1.82, 2.24) is 15.5 Å². The van der Waals surface area contributed by atoms with Crippen LogP contribution in [0.25, 0.3) is 0 Å². The van der Waals surface area contributed by atoms with E-state index >= 15 is 0 Å². The molecular weight excluding hydrogens is 440 g/mol. The van der Waals surface area contributed by atoms with Crippen molar-refractivity contribution >= 4 is 17.7 Å². The van der Waals surface area contributed by atoms with Crippen LogP contribution in [0, 0.1) is 17.8 Å². The minimum Gasteiger partial charge on any atom is -0.356 e. The lowest BCUT2D eigenvalue weighted by atomic mass is 9.92. The smallest absolute Gasteiger partial charge is 0.253 e. The fourth-order valence-electron chi connectivity index (χ4n) is 4.29. The van der Waals surface area contributed by atoms with E-state index in [0.29, 0.717) is 49.0 Å². The van der Waals surface area contributed by atoms with Gasteiger partial charge in [-0.25, -0.2) is 0 Å². The van der Waals surface area contributed by atoms with Gasteiger partial charge >= 0.3 is 0 Å². The molecule has 1 aromatic rings. The van der Waals surface area contributed by atoms with Crippen LogP contribution in [0.15, 0.2) is 24.3 Å². The number of nitrogens with zero attached hydrogens (tertiary/aromatic N) is 1. The van der Waals surface area contributed by atoms with Crippen LogP contribution < -0.4 is 16.4 Å². The molecule has 0 saturated heterocycles. The highest BCUT2D eigenvalue weighted by molar-refractivity contribution is 5.99. The monoisotopic (exact) mass is 486 g/mol. The van der Waals surface area contributed by atoms with Gasteiger partial charge in [-0.15, -0.1) is 0 Å². The topological polar surface area (TPSA) is 105 Å². The number of nitrogens with two attached hydrogens (primary N) is 1. The SMILES string of the molecule is CCCN(CCC)C(=O)c1cccc(C(=O)N[C@@H](CC2CC2)[C@@H](N)C[C@@H](C)C(=O)NCC(C)C)c1. The molecule has 0 radical (unpaired) electrons. The number of hydrogen-bond donors (Lipinski definition) is 3. The number of carbonyl (C=O) groups excluding carboxylic acids is 3. The van der Waals surface area contributed by atoms with E-state index in [2.05, 4.69) is 38.3 Å². The maximum atomic E-state index is 13.2. The van der Waals surface area contributed by atoms with Crippen LogP contribution in [0.3, 0.4) is 0 Å². The van der Waals surface area contributed by atoms with Gasteiger partial charge in [0, 0.05) is 48.8 Å². The molecule has 7 nitrogen and oxygen atoms in total. The standard InChI is InChI=1S/C28H46N4O3/c1-6-13-32(14-7-2)28(35)23-10-8-9-22(17-23)27(34)31-25(16-21-11-12-21)24(29)15-20(5)26(33)30-18-19(3)4/h8-10,17,19-21,24-25H,6-7,11-16,18,29H2,1-5H3,(H,30,33)(H,31,34)/t20-,24+,25+/m1/s1. The lowest BCUT2D eigenvalue weighted by Crippen LogP contribution is -2.49. The second-order valence-electron chi connectivity index (χ2n) is 10.6. The van der Waals surface area contributed by atoms with Crippen LogP contribution in [0.1, 0.15) is 93.9 Å². The lowest BCUT2D eigenvalue weighted by Gasteiger charge is -2.27. The fourth-order valence-corrected chi connectivity index (χ4v) is 4.29. The van der Waals surface area contributed by atoms with Gasteiger partial charge in [0.15, 0.2) is 0 Å². The first-order valence-corrected chi connectivity index (χ1v) is 13.4. The summed E-state index contributed by atoms with van der Waals surface area (Å²) in [5.74, 6) is 0.458. The van der Waals surface area contributed by atoms with Gasteiger partial charge in [0.1, 0.15) is 0 Å². The molecule has 0 aliphatic heterocycles. The van der Waals surface area contributed by atoms with E-state index < -0.39 is 0 Å². The predicted octanol–water partition coefficient (Wildman–Crippen LogP) is 3.97. The van der Waals surface area contributed by atoms with E-state index in [1.165, 1.54) is 0 Å². The number of amides is 3. The molecule has 7 heteroatoms. The van der Waals surface area contributed by atoms with Crippen molar-refractivity contribution in [2.24, 2.45) is 23.5 Å². The molecule has 3 atom stereocenters. The summed E-state index contributed by atoms with van der Waals surface area (Å²) >= 11 is 0. The van der Waals surface area contributed by atoms with Gasteiger partial charge in [-0.3, -0.25) is 14.4 Å². The summed E-state index contributed by atoms with van der Waals surface area (Å²) < 4.78 is 0. The highest BCUT2D eigenvalue weighted by atomic mass is 16.2. The summed E-state index contributed by atoms with van der Waals surface area (Å²) in [6.07, 6.45) is 5.40. The van der Waals surface area contributed by atoms with Crippen molar-refractivity contribution in [3.63, 3.8) is 0 Å². The van der Waals surface area contributed by atoms with Gasteiger partial charge < -0.3 is 21.3 Å². The zero-order chi connectivity index (χ0) is 26.0. The van der Waals surface area contributed by atoms with Gasteiger partial charge in [0.05, 0.1) is 0 Å². The molecule has 2 rings (SSSR count). The highest BCUT2D eigenvalue weighted by Crippen LogP contribution is 2.34. The Morgan fingerprint density at radius 1 is 1.06 bits per heavy atom. The Kier molecular flexibility index (Phi) is 11.7. The van der Waals surface area contributed by atoms with Gasteiger partial charge in [-0.05, 0) is 55.7 Å². The number of benzene rings is 1. The molecule has 1 fully saturated rings. The largest absolute Gasteiger partial charge is 0.356 e. The van der Waals surface area contributed by atoms with E-state index in [4.69, 9.17) is 5.73 Å². The zero-order valence-electron chi connectivity index (χ0n) is 22.3. The number of hydrogen-bond acceptors (Lipinski definition) is 4. The van der Waals surface area contributed by atoms with Crippen molar-refractivity contribution in [2.75, 3.05) is 19.6 Å². The van der Waals surface area contributed by atoms with Gasteiger partial charge in [-0.2, -0.15) is 0 Å². The highest BCUT2D eigenvalue weighted by Gasteiger charge is 2.31. The molecular formula is C28H46N4O3. The minimum absolute atomic E-state index is 0.000532. The Morgan fingerprint density at radius 2 is 1.69 bits per heavy atom. The van der Waals surface area contributed by atoms with Crippen LogP contribution in [-0.4, -0.2) is 54.3 Å². The molecule has 1 aliphatic carbocycles. The molecule has 196 valence electrons. The maximum absolute atomic E-state index is 13.2. The van der Waals surface area contributed by atoms with Crippen LogP contribution >= 0.6 is 0 Å². The Labute approximate surface area is 211 Å². The second-order valence-corrected chi connectivity index (χ2v) is 10.6. The van der Waals surface area contributed by atoms with Crippen molar-refractivity contribution in [1.29, 1.82) is 0 Å². The van der Waals surface area contributed by atoms with E-state index in [1.807, 2.05) is 11.8 Å². The third-order valence-corrected chi connectivity index (χ3v) is 6.52. The van der Waals surface area contributed by atoms with Crippen LogP contribution in [0.2, 0.25) is 0 Å². The van der Waals surface area contributed by atoms with E-state index in [1.54, 1.807) is 24.3 Å². The van der Waals surface area contributed by atoms with Crippen molar-refractivity contribution in [3.05, 3.63) is 35.4 Å². The molecule has 3 amide bonds. The maximum Gasteiger partial charge on any atom is 0.253 e. The fraction of sp³-hybridized carbons (Fsp3) is 0.679. The lowest BCUT2D eigenvalue weighted by molar-refractivity contribution is -0.125. The third-order valence-electron chi connectivity index (χ3n) is 6.52. The summed E-state index contributed by atoms with van der Waals surface area (Å²) in [5.41, 5.74) is 7.53. The molecule has 1 aromatic carbocycles. The first-order valence-electron chi connectivity index (χ1n) is 13.4. The summed E-state index contributed by atoms with van der Waals surface area (Å²) in [4.78, 5) is 40.5. The quantitative estimate of drug-likeness (QED) is 0.349. The first kappa shape index (κ1) is 28.8. The Balaban J connectivity index is 2.07. The normalized spacial score (nSPS) is 15.9. The molecule has 0 aromatic heterocycles. The van der Waals surface area contributed by atoms with E-state index in [0.717, 1.165) is 32.1 Å². The molecule has 0 spiro atoms. The summed E-state index contributed by atoms with van der Waals surface area (Å²) in [6.45, 7) is 12.2. The van der Waals surface area contributed by atoms with Gasteiger partial charge in [-0.1, -0.05) is 53.5 Å². The van der Waals surface area contributed by atoms with E-state index in [9.17, 15) is 14.4 Å². The molecule has 0 heterocycles. The van der Waals surface area contributed by atoms with Gasteiger partial charge in [0.2, 0.25) is 5.91 Å². The average Bonchev–Trinajstić information content (AvgIpc) is 3.65. The van der Waals surface area contributed by atoms with Crippen molar-refractivity contribution < 1.29 is 14.4 Å². The molecule has 1 aliphatic rings. The Hall–Kier alpha value is -2.41. The molecule has 1 saturated carbocycles. The van der Waals surface area contributed by atoms with E-state index in [-0.39, 0.29) is 35.7 Å². The number of nitrogens with one attached hydrogen (secondary N) is 2. The summed E-state index contributed by atoms with van der Waals surface area (Å²) in [7, 11) is 0. The molecule has 35 heavy (non-hydrogen) atoms. The minimum atomic E-state index is -0.325. The average molecular weight is 487 g/mol. The second kappa shape index (κ2) is 14.2. The number of carbonyl (C=O) groups is 3. The third kappa shape index (κ3) is 9.63. The Bertz CT molecular complexity index is 831. The first-order chi connectivity index (χ1) is 16.7. The predicted molar refractivity (Wildman–Crippen MR) is 141 cm³/mol. The number of rotatable bonds is 15. The summed E-state index contributed by atoms with van der Waals surface area (Å²) in [5, 5.41) is 6.10. The van der Waals surface area contributed by atoms with Crippen molar-refractivity contribution in [3.8, 4) is 0 Å². The van der Waals surface area contributed by atoms with Crippen LogP contribution in [0.5, 0.6) is 0 Å². The van der Waals surface area contributed by atoms with Crippen LogP contribution in [-0.2, 0) is 4.79 Å². The zero-order valence-corrected chi connectivity index (χ0v) is 22.3.